The number of hydrogen-bond acceptors (Lipinski definition) is 3. The molecule has 2 rings (SSSR count). The Balaban J connectivity index is 1.85. The van der Waals surface area contributed by atoms with Crippen LogP contribution in [-0.2, 0) is 11.0 Å². The molecule has 0 unspecified atom stereocenters. The number of nitrogens with one attached hydrogen (secondary N) is 1. The van der Waals surface area contributed by atoms with E-state index in [2.05, 4.69) is 15.4 Å². The van der Waals surface area contributed by atoms with Gasteiger partial charge < -0.3 is 0 Å². The lowest BCUT2D eigenvalue weighted by atomic mass is 10.1. The second-order valence-corrected chi connectivity index (χ2v) is 5.61. The number of benzene rings is 1. The van der Waals surface area contributed by atoms with Gasteiger partial charge in [-0.3, -0.25) is 9.69 Å². The number of likely N-dealkylation sites (tertiary alicyclic amines) is 1. The molecule has 0 spiro atoms. The van der Waals surface area contributed by atoms with Gasteiger partial charge in [0.1, 0.15) is 0 Å². The molecule has 0 atom stereocenters. The third kappa shape index (κ3) is 6.02. The predicted molar refractivity (Wildman–Crippen MR) is 82.1 cm³/mol. The van der Waals surface area contributed by atoms with Crippen LogP contribution in [0.2, 0.25) is 0 Å². The molecule has 1 amide bonds. The Morgan fingerprint density at radius 3 is 2.57 bits per heavy atom. The molecule has 0 aliphatic carbocycles. The number of alkyl halides is 3. The van der Waals surface area contributed by atoms with Crippen molar-refractivity contribution in [1.29, 1.82) is 0 Å². The highest BCUT2D eigenvalue weighted by atomic mass is 19.4. The largest absolute Gasteiger partial charge is 0.416 e. The fraction of sp³-hybridized carbons (Fsp3) is 0.500. The van der Waals surface area contributed by atoms with Crippen LogP contribution in [0.4, 0.5) is 13.2 Å². The average molecular weight is 327 g/mol. The first-order valence-corrected chi connectivity index (χ1v) is 7.67. The maximum Gasteiger partial charge on any atom is 0.416 e. The topological polar surface area (TPSA) is 44.7 Å². The van der Waals surface area contributed by atoms with E-state index in [9.17, 15) is 18.0 Å². The monoisotopic (exact) mass is 327 g/mol. The van der Waals surface area contributed by atoms with Gasteiger partial charge in [0.05, 0.1) is 18.3 Å². The second-order valence-electron chi connectivity index (χ2n) is 5.61. The molecule has 0 aromatic heterocycles. The molecule has 126 valence electrons. The first kappa shape index (κ1) is 17.5. The zero-order valence-electron chi connectivity index (χ0n) is 12.8. The summed E-state index contributed by atoms with van der Waals surface area (Å²) in [7, 11) is 0. The summed E-state index contributed by atoms with van der Waals surface area (Å²) in [6, 6.07) is 4.79. The van der Waals surface area contributed by atoms with E-state index in [4.69, 9.17) is 0 Å². The van der Waals surface area contributed by atoms with Gasteiger partial charge in [-0.05, 0) is 43.6 Å². The second kappa shape index (κ2) is 8.10. The van der Waals surface area contributed by atoms with Gasteiger partial charge in [0.2, 0.25) is 0 Å². The van der Waals surface area contributed by atoms with Crippen molar-refractivity contribution in [2.45, 2.75) is 31.9 Å². The summed E-state index contributed by atoms with van der Waals surface area (Å²) in [6.07, 6.45) is 1.37. The van der Waals surface area contributed by atoms with E-state index in [0.717, 1.165) is 38.1 Å². The van der Waals surface area contributed by atoms with E-state index in [1.807, 2.05) is 0 Å². The van der Waals surface area contributed by atoms with Crippen LogP contribution < -0.4 is 5.43 Å². The zero-order chi connectivity index (χ0) is 16.7. The normalized spacial score (nSPS) is 17.2. The molecule has 1 aromatic carbocycles. The van der Waals surface area contributed by atoms with Crippen molar-refractivity contribution in [2.24, 2.45) is 5.10 Å². The van der Waals surface area contributed by atoms with Crippen LogP contribution in [-0.4, -0.2) is 36.7 Å². The van der Waals surface area contributed by atoms with Crippen LogP contribution >= 0.6 is 0 Å². The Morgan fingerprint density at radius 1 is 1.22 bits per heavy atom. The molecule has 0 radical (unpaired) electrons. The lowest BCUT2D eigenvalue weighted by Crippen LogP contribution is -2.35. The van der Waals surface area contributed by atoms with E-state index in [-0.39, 0.29) is 18.0 Å². The molecule has 1 fully saturated rings. The summed E-state index contributed by atoms with van der Waals surface area (Å²) in [5.41, 5.74) is 1.91. The third-order valence-corrected chi connectivity index (χ3v) is 3.68. The molecule has 0 saturated carbocycles. The maximum atomic E-state index is 12.6. The Morgan fingerprint density at radius 2 is 1.91 bits per heavy atom. The summed E-state index contributed by atoms with van der Waals surface area (Å²) in [5, 5.41) is 3.74. The van der Waals surface area contributed by atoms with Crippen LogP contribution in [0, 0.1) is 0 Å². The summed E-state index contributed by atoms with van der Waals surface area (Å²) < 4.78 is 37.8. The summed E-state index contributed by atoms with van der Waals surface area (Å²) in [5.74, 6) is -0.255. The number of halogens is 3. The van der Waals surface area contributed by atoms with E-state index < -0.39 is 11.7 Å². The van der Waals surface area contributed by atoms with Crippen LogP contribution in [0.5, 0.6) is 0 Å². The molecule has 1 aliphatic heterocycles. The smallest absolute Gasteiger partial charge is 0.294 e. The SMILES string of the molecule is O=C(CN1CCCCCC1)N/N=C/c1cccc(C(F)(F)F)c1. The van der Waals surface area contributed by atoms with Gasteiger partial charge in [0.25, 0.3) is 5.91 Å². The van der Waals surface area contributed by atoms with Gasteiger partial charge in [-0.15, -0.1) is 0 Å². The number of rotatable bonds is 4. The minimum absolute atomic E-state index is 0.255. The van der Waals surface area contributed by atoms with Crippen molar-refractivity contribution in [3.63, 3.8) is 0 Å². The lowest BCUT2D eigenvalue weighted by molar-refractivity contribution is -0.137. The summed E-state index contributed by atoms with van der Waals surface area (Å²) >= 11 is 0. The van der Waals surface area contributed by atoms with Gasteiger partial charge in [-0.25, -0.2) is 5.43 Å². The number of nitrogens with zero attached hydrogens (tertiary/aromatic N) is 2. The molecule has 1 saturated heterocycles. The molecule has 23 heavy (non-hydrogen) atoms. The Bertz CT molecular complexity index is 550. The maximum absolute atomic E-state index is 12.6. The highest BCUT2D eigenvalue weighted by molar-refractivity contribution is 5.83. The van der Waals surface area contributed by atoms with Gasteiger partial charge in [0.15, 0.2) is 0 Å². The zero-order valence-corrected chi connectivity index (χ0v) is 12.8. The molecule has 1 heterocycles. The first-order valence-electron chi connectivity index (χ1n) is 7.67. The van der Waals surface area contributed by atoms with Crippen molar-refractivity contribution in [1.82, 2.24) is 10.3 Å². The molecule has 1 aromatic rings. The van der Waals surface area contributed by atoms with E-state index >= 15 is 0 Å². The van der Waals surface area contributed by atoms with E-state index in [1.165, 1.54) is 31.2 Å². The lowest BCUT2D eigenvalue weighted by Gasteiger charge is -2.17. The van der Waals surface area contributed by atoms with Crippen LogP contribution in [0.15, 0.2) is 29.4 Å². The molecule has 0 bridgehead atoms. The van der Waals surface area contributed by atoms with Crippen molar-refractivity contribution in [3.05, 3.63) is 35.4 Å². The standard InChI is InChI=1S/C16H20F3N3O/c17-16(18,19)14-7-5-6-13(10-14)11-20-21-15(23)12-22-8-3-1-2-4-9-22/h5-7,10-11H,1-4,8-9,12H2,(H,21,23)/b20-11+. The molecular formula is C16H20F3N3O. The summed E-state index contributed by atoms with van der Waals surface area (Å²) in [4.78, 5) is 13.9. The number of hydrazone groups is 1. The number of carbonyl (C=O) groups excluding carboxylic acids is 1. The van der Waals surface area contributed by atoms with Crippen molar-refractivity contribution in [3.8, 4) is 0 Å². The fourth-order valence-corrected chi connectivity index (χ4v) is 2.51. The van der Waals surface area contributed by atoms with Crippen molar-refractivity contribution >= 4 is 12.1 Å². The van der Waals surface area contributed by atoms with Crippen molar-refractivity contribution < 1.29 is 18.0 Å². The molecule has 7 heteroatoms. The number of carbonyl (C=O) groups is 1. The predicted octanol–water partition coefficient (Wildman–Crippen LogP) is 3.03. The third-order valence-electron chi connectivity index (χ3n) is 3.68. The van der Waals surface area contributed by atoms with Crippen LogP contribution in [0.3, 0.4) is 0 Å². The molecule has 1 aliphatic rings. The first-order chi connectivity index (χ1) is 10.9. The Labute approximate surface area is 133 Å². The molecule has 4 nitrogen and oxygen atoms in total. The highest BCUT2D eigenvalue weighted by Gasteiger charge is 2.30. The van der Waals surface area contributed by atoms with Gasteiger partial charge in [-0.1, -0.05) is 25.0 Å². The number of amides is 1. The van der Waals surface area contributed by atoms with Gasteiger partial charge in [0, 0.05) is 0 Å². The van der Waals surface area contributed by atoms with Gasteiger partial charge >= 0.3 is 6.18 Å². The van der Waals surface area contributed by atoms with E-state index in [0.29, 0.717) is 0 Å². The minimum atomic E-state index is -4.39. The Hall–Kier alpha value is -1.89. The summed E-state index contributed by atoms with van der Waals surface area (Å²) in [6.45, 7) is 2.05. The fourth-order valence-electron chi connectivity index (χ4n) is 2.51. The Kier molecular flexibility index (Phi) is 6.15. The molecular weight excluding hydrogens is 307 g/mol. The minimum Gasteiger partial charge on any atom is -0.294 e. The molecule has 1 N–H and O–H groups in total. The van der Waals surface area contributed by atoms with Crippen LogP contribution in [0.1, 0.15) is 36.8 Å². The quantitative estimate of drug-likeness (QED) is 0.682. The van der Waals surface area contributed by atoms with Crippen molar-refractivity contribution in [2.75, 3.05) is 19.6 Å². The van der Waals surface area contributed by atoms with E-state index in [1.54, 1.807) is 0 Å². The van der Waals surface area contributed by atoms with Gasteiger partial charge in [-0.2, -0.15) is 18.3 Å². The highest BCUT2D eigenvalue weighted by Crippen LogP contribution is 2.29. The average Bonchev–Trinajstić information content (AvgIpc) is 2.75. The van der Waals surface area contributed by atoms with Crippen LogP contribution in [0.25, 0.3) is 0 Å². The number of hydrogen-bond donors (Lipinski definition) is 1.